The number of hydrogen-bond donors (Lipinski definition) is 1. The molecule has 3 nitrogen and oxygen atoms in total. The first-order valence-electron chi connectivity index (χ1n) is 6.11. The van der Waals surface area contributed by atoms with Gasteiger partial charge in [-0.3, -0.25) is 4.79 Å². The topological polar surface area (TPSA) is 32.3 Å². The predicted molar refractivity (Wildman–Crippen MR) is 68.7 cm³/mol. The first-order chi connectivity index (χ1) is 7.47. The molecule has 0 aromatic rings. The molecule has 1 amide bonds. The maximum Gasteiger partial charge on any atom is 0.224 e. The highest BCUT2D eigenvalue weighted by molar-refractivity contribution is 7.99. The van der Waals surface area contributed by atoms with Crippen molar-refractivity contribution < 1.29 is 4.79 Å². The van der Waals surface area contributed by atoms with Gasteiger partial charge < -0.3 is 10.2 Å². The van der Waals surface area contributed by atoms with E-state index in [4.69, 9.17) is 0 Å². The SMILES string of the molecule is CC(C)(C)N1CC(NC2CCSC2)CC1=O. The summed E-state index contributed by atoms with van der Waals surface area (Å²) in [6, 6.07) is 0.998. The van der Waals surface area contributed by atoms with E-state index in [9.17, 15) is 4.79 Å². The Morgan fingerprint density at radius 3 is 2.62 bits per heavy atom. The number of likely N-dealkylation sites (tertiary alicyclic amines) is 1. The monoisotopic (exact) mass is 242 g/mol. The highest BCUT2D eigenvalue weighted by atomic mass is 32.2. The second kappa shape index (κ2) is 4.57. The summed E-state index contributed by atoms with van der Waals surface area (Å²) >= 11 is 2.01. The minimum Gasteiger partial charge on any atom is -0.336 e. The molecule has 2 aliphatic rings. The van der Waals surface area contributed by atoms with Crippen molar-refractivity contribution in [1.29, 1.82) is 0 Å². The van der Waals surface area contributed by atoms with E-state index < -0.39 is 0 Å². The van der Waals surface area contributed by atoms with Crippen molar-refractivity contribution in [3.63, 3.8) is 0 Å². The van der Waals surface area contributed by atoms with E-state index in [1.807, 2.05) is 16.7 Å². The number of thioether (sulfide) groups is 1. The smallest absolute Gasteiger partial charge is 0.224 e. The number of nitrogens with one attached hydrogen (secondary N) is 1. The lowest BCUT2D eigenvalue weighted by atomic mass is 10.1. The molecule has 2 atom stereocenters. The summed E-state index contributed by atoms with van der Waals surface area (Å²) in [5.41, 5.74) is -0.0298. The summed E-state index contributed by atoms with van der Waals surface area (Å²) in [5.74, 6) is 2.78. The third-order valence-corrected chi connectivity index (χ3v) is 4.50. The van der Waals surface area contributed by atoms with E-state index in [-0.39, 0.29) is 5.54 Å². The molecule has 0 saturated carbocycles. The van der Waals surface area contributed by atoms with Gasteiger partial charge in [0.1, 0.15) is 0 Å². The highest BCUT2D eigenvalue weighted by Crippen LogP contribution is 2.24. The average molecular weight is 242 g/mol. The van der Waals surface area contributed by atoms with Crippen molar-refractivity contribution in [2.24, 2.45) is 0 Å². The van der Waals surface area contributed by atoms with Crippen LogP contribution in [-0.2, 0) is 4.79 Å². The summed E-state index contributed by atoms with van der Waals surface area (Å²) in [5, 5.41) is 3.63. The van der Waals surface area contributed by atoms with Gasteiger partial charge in [0.05, 0.1) is 0 Å². The first-order valence-corrected chi connectivity index (χ1v) is 7.26. The number of carbonyl (C=O) groups is 1. The molecule has 0 aliphatic carbocycles. The van der Waals surface area contributed by atoms with Crippen LogP contribution >= 0.6 is 11.8 Å². The molecule has 2 rings (SSSR count). The molecule has 0 bridgehead atoms. The van der Waals surface area contributed by atoms with Gasteiger partial charge in [0, 0.05) is 36.3 Å². The zero-order chi connectivity index (χ0) is 11.8. The number of amides is 1. The molecule has 2 unspecified atom stereocenters. The van der Waals surface area contributed by atoms with Gasteiger partial charge in [0.25, 0.3) is 0 Å². The van der Waals surface area contributed by atoms with Gasteiger partial charge in [-0.2, -0.15) is 11.8 Å². The maximum absolute atomic E-state index is 11.9. The van der Waals surface area contributed by atoms with Crippen molar-refractivity contribution in [1.82, 2.24) is 10.2 Å². The van der Waals surface area contributed by atoms with Crippen LogP contribution in [0.15, 0.2) is 0 Å². The van der Waals surface area contributed by atoms with Gasteiger partial charge in [-0.1, -0.05) is 0 Å². The van der Waals surface area contributed by atoms with E-state index in [1.54, 1.807) is 0 Å². The van der Waals surface area contributed by atoms with Gasteiger partial charge in [0.2, 0.25) is 5.91 Å². The third kappa shape index (κ3) is 2.72. The average Bonchev–Trinajstić information content (AvgIpc) is 2.74. The van der Waals surface area contributed by atoms with Crippen LogP contribution in [0.25, 0.3) is 0 Å². The van der Waals surface area contributed by atoms with E-state index >= 15 is 0 Å². The number of hydrogen-bond acceptors (Lipinski definition) is 3. The largest absolute Gasteiger partial charge is 0.336 e. The van der Waals surface area contributed by atoms with E-state index in [1.165, 1.54) is 17.9 Å². The molecule has 2 aliphatic heterocycles. The van der Waals surface area contributed by atoms with Crippen LogP contribution in [0, 0.1) is 0 Å². The minimum absolute atomic E-state index is 0.0298. The number of rotatable bonds is 2. The van der Waals surface area contributed by atoms with Crippen molar-refractivity contribution in [2.45, 2.75) is 51.2 Å². The lowest BCUT2D eigenvalue weighted by Crippen LogP contribution is -2.45. The zero-order valence-electron chi connectivity index (χ0n) is 10.5. The second-order valence-electron chi connectivity index (χ2n) is 5.80. The van der Waals surface area contributed by atoms with Crippen molar-refractivity contribution in [3.05, 3.63) is 0 Å². The molecule has 0 radical (unpaired) electrons. The van der Waals surface area contributed by atoms with E-state index in [0.717, 1.165) is 6.54 Å². The van der Waals surface area contributed by atoms with Crippen molar-refractivity contribution in [2.75, 3.05) is 18.1 Å². The van der Waals surface area contributed by atoms with Crippen LogP contribution in [0.4, 0.5) is 0 Å². The van der Waals surface area contributed by atoms with Crippen molar-refractivity contribution >= 4 is 17.7 Å². The standard InChI is InChI=1S/C12H22N2OS/c1-12(2,3)14-7-10(6-11(14)15)13-9-4-5-16-8-9/h9-10,13H,4-8H2,1-3H3. The quantitative estimate of drug-likeness (QED) is 0.796. The fourth-order valence-corrected chi connectivity index (χ4v) is 3.63. The van der Waals surface area contributed by atoms with Gasteiger partial charge in [-0.25, -0.2) is 0 Å². The van der Waals surface area contributed by atoms with Crippen molar-refractivity contribution in [3.8, 4) is 0 Å². The zero-order valence-corrected chi connectivity index (χ0v) is 11.3. The summed E-state index contributed by atoms with van der Waals surface area (Å²) in [4.78, 5) is 13.9. The van der Waals surface area contributed by atoms with Crippen LogP contribution in [0.2, 0.25) is 0 Å². The molecule has 0 aromatic heterocycles. The fraction of sp³-hybridized carbons (Fsp3) is 0.917. The Bertz CT molecular complexity index is 269. The molecule has 2 heterocycles. The Hall–Kier alpha value is -0.220. The molecule has 1 N–H and O–H groups in total. The normalized spacial score (nSPS) is 31.4. The van der Waals surface area contributed by atoms with Gasteiger partial charge in [0.15, 0.2) is 0 Å². The summed E-state index contributed by atoms with van der Waals surface area (Å²) in [7, 11) is 0. The summed E-state index contributed by atoms with van der Waals surface area (Å²) in [6.07, 6.45) is 1.93. The number of nitrogens with zero attached hydrogens (tertiary/aromatic N) is 1. The predicted octanol–water partition coefficient (Wildman–Crippen LogP) is 1.48. The molecular formula is C12H22N2OS. The Morgan fingerprint density at radius 2 is 2.12 bits per heavy atom. The summed E-state index contributed by atoms with van der Waals surface area (Å²) in [6.45, 7) is 7.21. The highest BCUT2D eigenvalue weighted by Gasteiger charge is 2.37. The molecule has 0 spiro atoms. The Labute approximate surface area is 102 Å². The van der Waals surface area contributed by atoms with Crippen LogP contribution in [0.5, 0.6) is 0 Å². The summed E-state index contributed by atoms with van der Waals surface area (Å²) < 4.78 is 0. The minimum atomic E-state index is -0.0298. The van der Waals surface area contributed by atoms with E-state index in [2.05, 4.69) is 26.1 Å². The van der Waals surface area contributed by atoms with Crippen LogP contribution < -0.4 is 5.32 Å². The molecule has 4 heteroatoms. The van der Waals surface area contributed by atoms with Gasteiger partial charge in [-0.05, 0) is 32.9 Å². The van der Waals surface area contributed by atoms with E-state index in [0.29, 0.717) is 24.4 Å². The maximum atomic E-state index is 11.9. The van der Waals surface area contributed by atoms with Crippen LogP contribution in [0.3, 0.4) is 0 Å². The molecule has 92 valence electrons. The molecular weight excluding hydrogens is 220 g/mol. The Kier molecular flexibility index (Phi) is 3.50. The van der Waals surface area contributed by atoms with Crippen LogP contribution in [0.1, 0.15) is 33.6 Å². The molecule has 0 aromatic carbocycles. The molecule has 2 fully saturated rings. The molecule has 16 heavy (non-hydrogen) atoms. The third-order valence-electron chi connectivity index (χ3n) is 3.34. The van der Waals surface area contributed by atoms with Gasteiger partial charge >= 0.3 is 0 Å². The Balaban J connectivity index is 1.88. The lowest BCUT2D eigenvalue weighted by Gasteiger charge is -2.32. The van der Waals surface area contributed by atoms with Gasteiger partial charge in [-0.15, -0.1) is 0 Å². The first kappa shape index (κ1) is 12.2. The number of carbonyl (C=O) groups excluding carboxylic acids is 1. The fourth-order valence-electron chi connectivity index (χ4n) is 2.47. The molecule has 2 saturated heterocycles. The van der Waals surface area contributed by atoms with Crippen LogP contribution in [-0.4, -0.2) is 46.5 Å². The Morgan fingerprint density at radius 1 is 1.38 bits per heavy atom. The second-order valence-corrected chi connectivity index (χ2v) is 6.95. The lowest BCUT2D eigenvalue weighted by molar-refractivity contribution is -0.131.